The fourth-order valence-electron chi connectivity index (χ4n) is 1.66. The summed E-state index contributed by atoms with van der Waals surface area (Å²) in [6, 6.07) is 5.20. The molecule has 0 bridgehead atoms. The van der Waals surface area contributed by atoms with Crippen molar-refractivity contribution in [3.05, 3.63) is 35.1 Å². The Bertz CT molecular complexity index is 344. The summed E-state index contributed by atoms with van der Waals surface area (Å²) in [7, 11) is 1.67. The van der Waals surface area contributed by atoms with Gasteiger partial charge < -0.3 is 10.5 Å². The third-order valence-electron chi connectivity index (χ3n) is 2.81. The van der Waals surface area contributed by atoms with Gasteiger partial charge in [0, 0.05) is 32.3 Å². The van der Waals surface area contributed by atoms with Crippen LogP contribution in [0.4, 0.5) is 4.39 Å². The van der Waals surface area contributed by atoms with Crippen LogP contribution in [-0.4, -0.2) is 31.7 Å². The highest BCUT2D eigenvalue weighted by atomic mass is 19.1. The Morgan fingerprint density at radius 1 is 1.41 bits per heavy atom. The van der Waals surface area contributed by atoms with Crippen molar-refractivity contribution in [3.8, 4) is 0 Å². The van der Waals surface area contributed by atoms with Gasteiger partial charge in [-0.25, -0.2) is 4.39 Å². The molecule has 1 rings (SSSR count). The van der Waals surface area contributed by atoms with E-state index < -0.39 is 0 Å². The first kappa shape index (κ1) is 14.1. The van der Waals surface area contributed by atoms with Crippen LogP contribution in [0.15, 0.2) is 18.2 Å². The number of nitrogens with zero attached hydrogens (tertiary/aromatic N) is 1. The molecule has 0 spiro atoms. The molecule has 1 aromatic carbocycles. The fraction of sp³-hybridized carbons (Fsp3) is 0.538. The largest absolute Gasteiger partial charge is 0.383 e. The SMILES string of the molecule is CCN(CCOC)Cc1ccc(CN)cc1F. The number of ether oxygens (including phenoxy) is 1. The van der Waals surface area contributed by atoms with Crippen molar-refractivity contribution in [2.45, 2.75) is 20.0 Å². The Morgan fingerprint density at radius 2 is 2.18 bits per heavy atom. The van der Waals surface area contributed by atoms with Crippen LogP contribution < -0.4 is 5.73 Å². The molecule has 0 aliphatic carbocycles. The number of nitrogens with two attached hydrogens (primary N) is 1. The molecule has 0 aliphatic heterocycles. The standard InChI is InChI=1S/C13H21FN2O/c1-3-16(6-7-17-2)10-12-5-4-11(9-15)8-13(12)14/h4-5,8H,3,6-7,9-10,15H2,1-2H3. The lowest BCUT2D eigenvalue weighted by atomic mass is 10.1. The maximum Gasteiger partial charge on any atom is 0.128 e. The van der Waals surface area contributed by atoms with Gasteiger partial charge >= 0.3 is 0 Å². The monoisotopic (exact) mass is 240 g/mol. The van der Waals surface area contributed by atoms with E-state index in [0.717, 1.165) is 18.7 Å². The summed E-state index contributed by atoms with van der Waals surface area (Å²) in [6.07, 6.45) is 0. The molecule has 3 nitrogen and oxygen atoms in total. The number of rotatable bonds is 7. The van der Waals surface area contributed by atoms with Gasteiger partial charge in [-0.15, -0.1) is 0 Å². The second-order valence-corrected chi connectivity index (χ2v) is 3.99. The van der Waals surface area contributed by atoms with Crippen LogP contribution in [0.25, 0.3) is 0 Å². The van der Waals surface area contributed by atoms with Crippen molar-refractivity contribution in [2.24, 2.45) is 5.73 Å². The number of benzene rings is 1. The molecule has 0 unspecified atom stereocenters. The van der Waals surface area contributed by atoms with Gasteiger partial charge in [0.1, 0.15) is 5.82 Å². The molecule has 1 aromatic rings. The number of hydrogen-bond acceptors (Lipinski definition) is 3. The second kappa shape index (κ2) is 7.37. The van der Waals surface area contributed by atoms with E-state index in [9.17, 15) is 4.39 Å². The van der Waals surface area contributed by atoms with Gasteiger partial charge in [0.2, 0.25) is 0 Å². The zero-order valence-electron chi connectivity index (χ0n) is 10.6. The van der Waals surface area contributed by atoms with Gasteiger partial charge in [-0.05, 0) is 18.2 Å². The molecule has 0 amide bonds. The summed E-state index contributed by atoms with van der Waals surface area (Å²) in [5.41, 5.74) is 7.00. The average molecular weight is 240 g/mol. The van der Waals surface area contributed by atoms with E-state index in [1.165, 1.54) is 6.07 Å². The lowest BCUT2D eigenvalue weighted by Gasteiger charge is -2.20. The Morgan fingerprint density at radius 3 is 2.71 bits per heavy atom. The zero-order valence-corrected chi connectivity index (χ0v) is 10.6. The molecular formula is C13H21FN2O. The average Bonchev–Trinajstić information content (AvgIpc) is 2.36. The third-order valence-corrected chi connectivity index (χ3v) is 2.81. The van der Waals surface area contributed by atoms with E-state index in [4.69, 9.17) is 10.5 Å². The fourth-order valence-corrected chi connectivity index (χ4v) is 1.66. The molecule has 17 heavy (non-hydrogen) atoms. The molecule has 0 atom stereocenters. The normalized spacial score (nSPS) is 11.1. The number of hydrogen-bond donors (Lipinski definition) is 1. The number of likely N-dealkylation sites (N-methyl/N-ethyl adjacent to an activating group) is 1. The van der Waals surface area contributed by atoms with Crippen LogP contribution in [0.2, 0.25) is 0 Å². The first-order valence-electron chi connectivity index (χ1n) is 5.90. The lowest BCUT2D eigenvalue weighted by Crippen LogP contribution is -2.27. The van der Waals surface area contributed by atoms with E-state index in [-0.39, 0.29) is 5.82 Å². The van der Waals surface area contributed by atoms with Crippen LogP contribution >= 0.6 is 0 Å². The van der Waals surface area contributed by atoms with Crippen molar-refractivity contribution >= 4 is 0 Å². The molecule has 0 fully saturated rings. The van der Waals surface area contributed by atoms with Gasteiger partial charge in [-0.3, -0.25) is 4.90 Å². The Kier molecular flexibility index (Phi) is 6.11. The number of methoxy groups -OCH3 is 1. The molecule has 0 saturated heterocycles. The predicted molar refractivity (Wildman–Crippen MR) is 67.1 cm³/mol. The number of halogens is 1. The van der Waals surface area contributed by atoms with Crippen molar-refractivity contribution < 1.29 is 9.13 Å². The molecule has 0 aliphatic rings. The minimum atomic E-state index is -0.177. The highest BCUT2D eigenvalue weighted by molar-refractivity contribution is 5.24. The molecule has 0 heterocycles. The summed E-state index contributed by atoms with van der Waals surface area (Å²) >= 11 is 0. The quantitative estimate of drug-likeness (QED) is 0.789. The van der Waals surface area contributed by atoms with E-state index in [1.54, 1.807) is 7.11 Å². The molecule has 4 heteroatoms. The maximum atomic E-state index is 13.7. The second-order valence-electron chi connectivity index (χ2n) is 3.99. The van der Waals surface area contributed by atoms with Crippen LogP contribution in [0.5, 0.6) is 0 Å². The highest BCUT2D eigenvalue weighted by Gasteiger charge is 2.08. The minimum absolute atomic E-state index is 0.177. The van der Waals surface area contributed by atoms with E-state index in [0.29, 0.717) is 25.3 Å². The highest BCUT2D eigenvalue weighted by Crippen LogP contribution is 2.12. The predicted octanol–water partition coefficient (Wildman–Crippen LogP) is 1.75. The molecule has 0 aromatic heterocycles. The summed E-state index contributed by atoms with van der Waals surface area (Å²) in [6.45, 7) is 5.39. The maximum absolute atomic E-state index is 13.7. The summed E-state index contributed by atoms with van der Waals surface area (Å²) in [5, 5.41) is 0. The van der Waals surface area contributed by atoms with Crippen molar-refractivity contribution in [2.75, 3.05) is 26.8 Å². The van der Waals surface area contributed by atoms with Crippen molar-refractivity contribution in [3.63, 3.8) is 0 Å². The van der Waals surface area contributed by atoms with Gasteiger partial charge in [0.25, 0.3) is 0 Å². The first-order valence-corrected chi connectivity index (χ1v) is 5.90. The minimum Gasteiger partial charge on any atom is -0.383 e. The molecule has 96 valence electrons. The third kappa shape index (κ3) is 4.42. The van der Waals surface area contributed by atoms with E-state index in [2.05, 4.69) is 11.8 Å². The first-order chi connectivity index (χ1) is 8.21. The van der Waals surface area contributed by atoms with Crippen molar-refractivity contribution in [1.82, 2.24) is 4.90 Å². The molecule has 2 N–H and O–H groups in total. The van der Waals surface area contributed by atoms with Crippen LogP contribution in [0, 0.1) is 5.82 Å². The van der Waals surface area contributed by atoms with Gasteiger partial charge in [-0.2, -0.15) is 0 Å². The van der Waals surface area contributed by atoms with Gasteiger partial charge in [-0.1, -0.05) is 19.1 Å². The van der Waals surface area contributed by atoms with E-state index >= 15 is 0 Å². The Labute approximate surface area is 102 Å². The van der Waals surface area contributed by atoms with Gasteiger partial charge in [0.05, 0.1) is 6.61 Å². The lowest BCUT2D eigenvalue weighted by molar-refractivity contribution is 0.147. The molecular weight excluding hydrogens is 219 g/mol. The van der Waals surface area contributed by atoms with Crippen LogP contribution in [-0.2, 0) is 17.8 Å². The smallest absolute Gasteiger partial charge is 0.128 e. The Hall–Kier alpha value is -0.970. The molecule has 0 radical (unpaired) electrons. The summed E-state index contributed by atoms with van der Waals surface area (Å²) in [5.74, 6) is -0.177. The topological polar surface area (TPSA) is 38.5 Å². The van der Waals surface area contributed by atoms with Gasteiger partial charge in [0.15, 0.2) is 0 Å². The summed E-state index contributed by atoms with van der Waals surface area (Å²) in [4.78, 5) is 2.14. The van der Waals surface area contributed by atoms with E-state index in [1.807, 2.05) is 12.1 Å². The summed E-state index contributed by atoms with van der Waals surface area (Å²) < 4.78 is 18.8. The van der Waals surface area contributed by atoms with Crippen molar-refractivity contribution in [1.29, 1.82) is 0 Å². The van der Waals surface area contributed by atoms with Crippen LogP contribution in [0.1, 0.15) is 18.1 Å². The molecule has 0 saturated carbocycles. The zero-order chi connectivity index (χ0) is 12.7. The Balaban J connectivity index is 2.65. The van der Waals surface area contributed by atoms with Crippen LogP contribution in [0.3, 0.4) is 0 Å².